The predicted octanol–water partition coefficient (Wildman–Crippen LogP) is 0.710. The fourth-order valence-corrected chi connectivity index (χ4v) is 4.96. The molecule has 3 rings (SSSR count). The van der Waals surface area contributed by atoms with Crippen LogP contribution in [0.2, 0.25) is 0 Å². The molecule has 1 fully saturated rings. The van der Waals surface area contributed by atoms with Gasteiger partial charge >= 0.3 is 0 Å². The summed E-state index contributed by atoms with van der Waals surface area (Å²) in [5, 5.41) is 13.8. The molecule has 0 aromatic heterocycles. The molecule has 1 aromatic rings. The van der Waals surface area contributed by atoms with Gasteiger partial charge in [0.2, 0.25) is 23.6 Å². The van der Waals surface area contributed by atoms with Gasteiger partial charge in [0.05, 0.1) is 18.0 Å². The van der Waals surface area contributed by atoms with Crippen LogP contribution in [-0.2, 0) is 19.2 Å². The topological polar surface area (TPSA) is 158 Å². The third-order valence-electron chi connectivity index (χ3n) is 7.45. The Bertz CT molecular complexity index is 1130. The minimum atomic E-state index is -1.40. The SMILES string of the molecule is CC(C)[C@H]1NC(=O)C(C)(C)NC(=O)C[C@@H](C(=O)NCCN2CCCCC2)NC(=O)c2ccccc2OC[C@H](C)NC1=O. The molecule has 1 aromatic carbocycles. The van der Waals surface area contributed by atoms with Crippen LogP contribution in [0.1, 0.15) is 70.7 Å². The van der Waals surface area contributed by atoms with Crippen molar-refractivity contribution in [2.45, 2.75) is 84.0 Å². The number of hydrogen-bond donors (Lipinski definition) is 5. The monoisotopic (exact) mass is 586 g/mol. The summed E-state index contributed by atoms with van der Waals surface area (Å²) < 4.78 is 5.89. The zero-order valence-electron chi connectivity index (χ0n) is 25.4. The predicted molar refractivity (Wildman–Crippen MR) is 158 cm³/mol. The molecule has 0 aliphatic carbocycles. The van der Waals surface area contributed by atoms with Gasteiger partial charge < -0.3 is 36.2 Å². The molecule has 12 nitrogen and oxygen atoms in total. The van der Waals surface area contributed by atoms with Crippen molar-refractivity contribution < 1.29 is 28.7 Å². The van der Waals surface area contributed by atoms with Crippen molar-refractivity contribution >= 4 is 29.5 Å². The van der Waals surface area contributed by atoms with Crippen molar-refractivity contribution in [3.05, 3.63) is 29.8 Å². The number of carbonyl (C=O) groups is 5. The number of fused-ring (bicyclic) bond motifs is 1. The van der Waals surface area contributed by atoms with Gasteiger partial charge in [0.1, 0.15) is 30.0 Å². The number of para-hydroxylation sites is 1. The first-order valence-electron chi connectivity index (χ1n) is 14.8. The molecule has 42 heavy (non-hydrogen) atoms. The van der Waals surface area contributed by atoms with Gasteiger partial charge in [0, 0.05) is 13.1 Å². The first-order chi connectivity index (χ1) is 19.9. The van der Waals surface area contributed by atoms with E-state index in [4.69, 9.17) is 4.74 Å². The lowest BCUT2D eigenvalue weighted by Crippen LogP contribution is -2.61. The summed E-state index contributed by atoms with van der Waals surface area (Å²) in [7, 11) is 0. The number of benzene rings is 1. The number of carbonyl (C=O) groups excluding carboxylic acids is 5. The molecule has 0 radical (unpaired) electrons. The van der Waals surface area contributed by atoms with E-state index in [1.165, 1.54) is 20.3 Å². The van der Waals surface area contributed by atoms with E-state index in [0.29, 0.717) is 13.1 Å². The maximum absolute atomic E-state index is 13.4. The van der Waals surface area contributed by atoms with Crippen LogP contribution in [-0.4, -0.2) is 90.9 Å². The molecule has 1 saturated heterocycles. The Kier molecular flexibility index (Phi) is 11.7. The Morgan fingerprint density at radius 2 is 1.74 bits per heavy atom. The third kappa shape index (κ3) is 9.43. The molecule has 2 aliphatic heterocycles. The average molecular weight is 587 g/mol. The quantitative estimate of drug-likeness (QED) is 0.340. The number of nitrogens with zero attached hydrogens (tertiary/aromatic N) is 1. The van der Waals surface area contributed by atoms with E-state index < -0.39 is 59.6 Å². The van der Waals surface area contributed by atoms with Crippen molar-refractivity contribution in [3.63, 3.8) is 0 Å². The van der Waals surface area contributed by atoms with Gasteiger partial charge in [-0.3, -0.25) is 24.0 Å². The highest BCUT2D eigenvalue weighted by atomic mass is 16.5. The second-order valence-corrected chi connectivity index (χ2v) is 12.0. The van der Waals surface area contributed by atoms with Gasteiger partial charge in [0.25, 0.3) is 5.91 Å². The van der Waals surface area contributed by atoms with Gasteiger partial charge in [-0.25, -0.2) is 0 Å². The van der Waals surface area contributed by atoms with Crippen molar-refractivity contribution in [1.82, 2.24) is 31.5 Å². The van der Waals surface area contributed by atoms with Crippen LogP contribution < -0.4 is 31.3 Å². The first kappa shape index (κ1) is 32.8. The smallest absolute Gasteiger partial charge is 0.255 e. The number of piperidine rings is 1. The van der Waals surface area contributed by atoms with Crippen molar-refractivity contribution in [1.29, 1.82) is 0 Å². The number of rotatable bonds is 5. The normalized spacial score (nSPS) is 24.7. The lowest BCUT2D eigenvalue weighted by Gasteiger charge is -2.30. The molecule has 0 bridgehead atoms. The van der Waals surface area contributed by atoms with E-state index in [9.17, 15) is 24.0 Å². The van der Waals surface area contributed by atoms with E-state index in [0.717, 1.165) is 25.9 Å². The molecule has 12 heteroatoms. The van der Waals surface area contributed by atoms with Crippen LogP contribution >= 0.6 is 0 Å². The van der Waals surface area contributed by atoms with Crippen LogP contribution in [0.4, 0.5) is 0 Å². The summed E-state index contributed by atoms with van der Waals surface area (Å²) >= 11 is 0. The zero-order chi connectivity index (χ0) is 30.9. The molecule has 2 aliphatic rings. The average Bonchev–Trinajstić information content (AvgIpc) is 2.93. The zero-order valence-corrected chi connectivity index (χ0v) is 25.4. The minimum absolute atomic E-state index is 0.0563. The standard InChI is InChI=1S/C30H46N6O6/c1-19(2)25-28(40)32-20(3)18-42-23-12-8-7-11-21(23)26(38)33-22(17-24(37)35-30(4,5)29(41)34-25)27(39)31-13-16-36-14-9-6-10-15-36/h7-8,11-12,19-20,22,25H,6,9-10,13-18H2,1-5H3,(H,31,39)(H,32,40)(H,33,38)(H,34,41)(H,35,37)/t20-,22-,25+/m0/s1. The van der Waals surface area contributed by atoms with E-state index in [1.54, 1.807) is 31.2 Å². The third-order valence-corrected chi connectivity index (χ3v) is 7.45. The maximum Gasteiger partial charge on any atom is 0.255 e. The van der Waals surface area contributed by atoms with E-state index in [1.807, 2.05) is 13.8 Å². The van der Waals surface area contributed by atoms with E-state index >= 15 is 0 Å². The second-order valence-electron chi connectivity index (χ2n) is 12.0. The molecule has 3 atom stereocenters. The fourth-order valence-electron chi connectivity index (χ4n) is 4.96. The molecule has 0 saturated carbocycles. The summed E-state index contributed by atoms with van der Waals surface area (Å²) in [5.41, 5.74) is -1.22. The van der Waals surface area contributed by atoms with Gasteiger partial charge in [0.15, 0.2) is 0 Å². The minimum Gasteiger partial charge on any atom is -0.491 e. The van der Waals surface area contributed by atoms with Crippen LogP contribution in [0.15, 0.2) is 24.3 Å². The second kappa shape index (κ2) is 15.0. The molecular weight excluding hydrogens is 540 g/mol. The van der Waals surface area contributed by atoms with E-state index in [2.05, 4.69) is 31.5 Å². The Hall–Kier alpha value is -3.67. The Balaban J connectivity index is 1.85. The van der Waals surface area contributed by atoms with Crippen molar-refractivity contribution in [2.75, 3.05) is 32.8 Å². The maximum atomic E-state index is 13.4. The van der Waals surface area contributed by atoms with Gasteiger partial charge in [-0.1, -0.05) is 32.4 Å². The summed E-state index contributed by atoms with van der Waals surface area (Å²) in [6.07, 6.45) is 3.05. The highest BCUT2D eigenvalue weighted by Crippen LogP contribution is 2.19. The molecular formula is C30H46N6O6. The molecule has 0 unspecified atom stereocenters. The Labute approximate surface area is 248 Å². The number of likely N-dealkylation sites (tertiary alicyclic amines) is 1. The highest BCUT2D eigenvalue weighted by Gasteiger charge is 2.36. The molecule has 0 spiro atoms. The van der Waals surface area contributed by atoms with Gasteiger partial charge in [-0.05, 0) is 64.8 Å². The Morgan fingerprint density at radius 1 is 1.05 bits per heavy atom. The Morgan fingerprint density at radius 3 is 2.43 bits per heavy atom. The van der Waals surface area contributed by atoms with Gasteiger partial charge in [-0.15, -0.1) is 0 Å². The van der Waals surface area contributed by atoms with Crippen molar-refractivity contribution in [3.8, 4) is 5.75 Å². The van der Waals surface area contributed by atoms with Crippen LogP contribution in [0.3, 0.4) is 0 Å². The molecule has 232 valence electrons. The fraction of sp³-hybridized carbons (Fsp3) is 0.633. The molecule has 2 heterocycles. The van der Waals surface area contributed by atoms with Gasteiger partial charge in [-0.2, -0.15) is 0 Å². The number of amides is 5. The largest absolute Gasteiger partial charge is 0.491 e. The highest BCUT2D eigenvalue weighted by molar-refractivity contribution is 6.01. The lowest BCUT2D eigenvalue weighted by molar-refractivity contribution is -0.136. The number of hydrogen-bond acceptors (Lipinski definition) is 7. The number of nitrogens with one attached hydrogen (secondary N) is 5. The van der Waals surface area contributed by atoms with Crippen LogP contribution in [0.5, 0.6) is 5.75 Å². The summed E-state index contributed by atoms with van der Waals surface area (Å²) in [6.45, 7) is 11.5. The van der Waals surface area contributed by atoms with E-state index in [-0.39, 0.29) is 23.8 Å². The van der Waals surface area contributed by atoms with Crippen LogP contribution in [0.25, 0.3) is 0 Å². The lowest BCUT2D eigenvalue weighted by atomic mass is 9.98. The van der Waals surface area contributed by atoms with Crippen LogP contribution in [0, 0.1) is 5.92 Å². The summed E-state index contributed by atoms with van der Waals surface area (Å²) in [4.78, 5) is 68.3. The summed E-state index contributed by atoms with van der Waals surface area (Å²) in [6, 6.07) is 4.05. The molecule has 5 N–H and O–H groups in total. The number of ether oxygens (including phenoxy) is 1. The summed E-state index contributed by atoms with van der Waals surface area (Å²) in [5.74, 6) is -2.63. The van der Waals surface area contributed by atoms with Crippen molar-refractivity contribution in [2.24, 2.45) is 5.92 Å². The molecule has 5 amide bonds. The first-order valence-corrected chi connectivity index (χ1v) is 14.8.